The van der Waals surface area contributed by atoms with Gasteiger partial charge in [0.05, 0.1) is 16.6 Å². The first-order valence-electron chi connectivity index (χ1n) is 20.3. The van der Waals surface area contributed by atoms with Crippen molar-refractivity contribution in [2.75, 3.05) is 0 Å². The van der Waals surface area contributed by atoms with Crippen LogP contribution in [0.1, 0.15) is 0 Å². The fourth-order valence-electron chi connectivity index (χ4n) is 9.40. The zero-order valence-corrected chi connectivity index (χ0v) is 32.2. The average Bonchev–Trinajstić information content (AvgIpc) is 3.84. The quantitative estimate of drug-likeness (QED) is 0.179. The highest BCUT2D eigenvalue weighted by molar-refractivity contribution is 6.21. The van der Waals surface area contributed by atoms with Crippen molar-refractivity contribution in [1.29, 1.82) is 0 Å². The molecule has 0 atom stereocenters. The van der Waals surface area contributed by atoms with Crippen LogP contribution in [0, 0.1) is 0 Å². The molecular weight excluding hydrogens is 733 g/mol. The third kappa shape index (κ3) is 4.90. The van der Waals surface area contributed by atoms with Crippen LogP contribution in [-0.2, 0) is 0 Å². The van der Waals surface area contributed by atoms with Crippen LogP contribution in [0.25, 0.3) is 127 Å². The van der Waals surface area contributed by atoms with Crippen molar-refractivity contribution in [2.45, 2.75) is 0 Å². The minimum Gasteiger partial charge on any atom is -0.455 e. The molecule has 5 nitrogen and oxygen atoms in total. The Kier molecular flexibility index (Phi) is 6.95. The third-order valence-electron chi connectivity index (χ3n) is 12.2. The molecule has 13 aromatic rings. The number of nitrogens with zero attached hydrogens (tertiary/aromatic N) is 4. The molecular formula is C55H32N4O. The Labute approximate surface area is 343 Å². The van der Waals surface area contributed by atoms with Crippen LogP contribution in [0.15, 0.2) is 199 Å². The van der Waals surface area contributed by atoms with E-state index in [0.717, 1.165) is 98.3 Å². The highest BCUT2D eigenvalue weighted by atomic mass is 16.3. The molecule has 0 spiro atoms. The molecule has 0 bridgehead atoms. The van der Waals surface area contributed by atoms with Crippen LogP contribution in [0.4, 0.5) is 0 Å². The maximum Gasteiger partial charge on any atom is 0.238 e. The number of benzene rings is 10. The molecule has 5 heteroatoms. The normalized spacial score (nSPS) is 12.0. The summed E-state index contributed by atoms with van der Waals surface area (Å²) in [5, 5.41) is 13.4. The minimum absolute atomic E-state index is 0.534. The van der Waals surface area contributed by atoms with Crippen LogP contribution in [-0.4, -0.2) is 19.5 Å². The average molecular weight is 765 g/mol. The molecule has 0 aliphatic rings. The lowest BCUT2D eigenvalue weighted by molar-refractivity contribution is 0.670. The summed E-state index contributed by atoms with van der Waals surface area (Å²) < 4.78 is 9.08. The van der Waals surface area contributed by atoms with Gasteiger partial charge in [0.25, 0.3) is 0 Å². The first-order valence-corrected chi connectivity index (χ1v) is 20.3. The Hall–Kier alpha value is -8.15. The van der Waals surface area contributed by atoms with E-state index in [2.05, 4.69) is 199 Å². The zero-order valence-electron chi connectivity index (χ0n) is 32.2. The van der Waals surface area contributed by atoms with Crippen molar-refractivity contribution in [3.05, 3.63) is 194 Å². The number of para-hydroxylation sites is 1. The van der Waals surface area contributed by atoms with Crippen LogP contribution >= 0.6 is 0 Å². The molecule has 0 amide bonds. The standard InChI is InChI=1S/C55H32N4O/c1-2-13-33(14-3-1)41-27-25-34-15-8-10-21-40(34)50(41)54-56-53(45-24-12-23-44-47-30-37-18-5-7-20-39(37)32-49(47)60-52(44)45)57-55(58-54)59-48-31-38-19-6-4-17-36(38)29-46(48)43-28-26-35-16-9-11-22-42(35)51(43)59/h1-32H. The van der Waals surface area contributed by atoms with E-state index in [0.29, 0.717) is 17.6 Å². The Morgan fingerprint density at radius 2 is 0.967 bits per heavy atom. The summed E-state index contributed by atoms with van der Waals surface area (Å²) >= 11 is 0. The molecule has 0 saturated heterocycles. The number of hydrogen-bond donors (Lipinski definition) is 0. The number of fused-ring (bicyclic) bond motifs is 11. The molecule has 0 aliphatic carbocycles. The number of furan rings is 1. The van der Waals surface area contributed by atoms with Gasteiger partial charge >= 0.3 is 0 Å². The van der Waals surface area contributed by atoms with Gasteiger partial charge in [0, 0.05) is 32.5 Å². The Morgan fingerprint density at radius 1 is 0.367 bits per heavy atom. The van der Waals surface area contributed by atoms with Crippen molar-refractivity contribution in [1.82, 2.24) is 19.5 Å². The highest BCUT2D eigenvalue weighted by Gasteiger charge is 2.24. The van der Waals surface area contributed by atoms with Gasteiger partial charge in [-0.1, -0.05) is 164 Å². The molecule has 13 rings (SSSR count). The van der Waals surface area contributed by atoms with E-state index in [1.54, 1.807) is 0 Å². The summed E-state index contributed by atoms with van der Waals surface area (Å²) in [6, 6.07) is 68.6. The van der Waals surface area contributed by atoms with Crippen molar-refractivity contribution in [3.8, 4) is 39.9 Å². The lowest BCUT2D eigenvalue weighted by Gasteiger charge is -2.16. The van der Waals surface area contributed by atoms with E-state index in [1.807, 2.05) is 0 Å². The molecule has 0 saturated carbocycles. The molecule has 10 aromatic carbocycles. The molecule has 0 radical (unpaired) electrons. The maximum absolute atomic E-state index is 6.82. The largest absolute Gasteiger partial charge is 0.455 e. The Bertz CT molecular complexity index is 3900. The zero-order chi connectivity index (χ0) is 39.3. The van der Waals surface area contributed by atoms with Gasteiger partial charge in [-0.2, -0.15) is 9.97 Å². The van der Waals surface area contributed by atoms with Crippen LogP contribution in [0.2, 0.25) is 0 Å². The number of aromatic nitrogens is 4. The summed E-state index contributed by atoms with van der Waals surface area (Å²) in [6.45, 7) is 0. The fraction of sp³-hybridized carbons (Fsp3) is 0. The van der Waals surface area contributed by atoms with Crippen LogP contribution in [0.3, 0.4) is 0 Å². The first-order chi connectivity index (χ1) is 29.7. The Balaban J connectivity index is 1.19. The SMILES string of the molecule is c1ccc(-c2ccc3ccccc3c2-c2nc(-c3cccc4c3oc3cc5ccccc5cc34)nc(-n3c4cc5ccccc5cc4c4ccc5ccccc5c43)n2)cc1. The predicted octanol–water partition coefficient (Wildman–Crippen LogP) is 14.5. The highest BCUT2D eigenvalue weighted by Crippen LogP contribution is 2.42. The van der Waals surface area contributed by atoms with Crippen molar-refractivity contribution >= 4 is 86.8 Å². The number of hydrogen-bond acceptors (Lipinski definition) is 4. The van der Waals surface area contributed by atoms with E-state index >= 15 is 0 Å². The van der Waals surface area contributed by atoms with E-state index in [4.69, 9.17) is 19.4 Å². The van der Waals surface area contributed by atoms with Gasteiger partial charge in [-0.3, -0.25) is 4.57 Å². The van der Waals surface area contributed by atoms with Gasteiger partial charge in [-0.25, -0.2) is 4.98 Å². The molecule has 0 aliphatic heterocycles. The summed E-state index contributed by atoms with van der Waals surface area (Å²) in [7, 11) is 0. The second-order valence-electron chi connectivity index (χ2n) is 15.6. The van der Waals surface area contributed by atoms with Crippen molar-refractivity contribution in [2.24, 2.45) is 0 Å². The second-order valence-corrected chi connectivity index (χ2v) is 15.6. The minimum atomic E-state index is 0.534. The first kappa shape index (κ1) is 32.9. The Morgan fingerprint density at radius 3 is 1.75 bits per heavy atom. The molecule has 278 valence electrons. The maximum atomic E-state index is 6.82. The molecule has 3 heterocycles. The molecule has 0 fully saturated rings. The van der Waals surface area contributed by atoms with E-state index in [9.17, 15) is 0 Å². The van der Waals surface area contributed by atoms with Crippen molar-refractivity contribution < 1.29 is 4.42 Å². The van der Waals surface area contributed by atoms with Gasteiger partial charge in [0.2, 0.25) is 5.95 Å². The van der Waals surface area contributed by atoms with E-state index in [1.165, 1.54) is 10.8 Å². The number of rotatable bonds is 4. The summed E-state index contributed by atoms with van der Waals surface area (Å²) in [4.78, 5) is 16.5. The summed E-state index contributed by atoms with van der Waals surface area (Å²) in [5.74, 6) is 1.65. The van der Waals surface area contributed by atoms with E-state index in [-0.39, 0.29) is 0 Å². The molecule has 60 heavy (non-hydrogen) atoms. The van der Waals surface area contributed by atoms with E-state index < -0.39 is 0 Å². The van der Waals surface area contributed by atoms with Gasteiger partial charge in [-0.05, 0) is 79.2 Å². The molecule has 0 unspecified atom stereocenters. The van der Waals surface area contributed by atoms with Crippen molar-refractivity contribution in [3.63, 3.8) is 0 Å². The smallest absolute Gasteiger partial charge is 0.238 e. The lowest BCUT2D eigenvalue weighted by Crippen LogP contribution is -2.07. The van der Waals surface area contributed by atoms with Crippen LogP contribution < -0.4 is 0 Å². The molecule has 3 aromatic heterocycles. The lowest BCUT2D eigenvalue weighted by atomic mass is 9.93. The molecule has 0 N–H and O–H groups in total. The monoisotopic (exact) mass is 764 g/mol. The van der Waals surface area contributed by atoms with Gasteiger partial charge in [0.1, 0.15) is 11.2 Å². The fourth-order valence-corrected chi connectivity index (χ4v) is 9.40. The third-order valence-corrected chi connectivity index (χ3v) is 12.2. The predicted molar refractivity (Wildman–Crippen MR) is 248 cm³/mol. The summed E-state index contributed by atoms with van der Waals surface area (Å²) in [5.41, 5.74) is 7.53. The van der Waals surface area contributed by atoms with Gasteiger partial charge < -0.3 is 4.42 Å². The second kappa shape index (κ2) is 12.7. The van der Waals surface area contributed by atoms with Crippen LogP contribution in [0.5, 0.6) is 0 Å². The topological polar surface area (TPSA) is 56.7 Å². The van der Waals surface area contributed by atoms with Gasteiger partial charge in [0.15, 0.2) is 11.6 Å². The summed E-state index contributed by atoms with van der Waals surface area (Å²) in [6.07, 6.45) is 0. The van der Waals surface area contributed by atoms with Gasteiger partial charge in [-0.15, -0.1) is 0 Å².